The number of phenolic OH excluding ortho intramolecular Hbond substituents is 1. The molecular weight excluding hydrogens is 462 g/mol. The molecule has 0 bridgehead atoms. The van der Waals surface area contributed by atoms with Crippen LogP contribution in [0.3, 0.4) is 0 Å². The second-order valence-corrected chi connectivity index (χ2v) is 8.34. The van der Waals surface area contributed by atoms with E-state index in [0.717, 1.165) is 0 Å². The first-order valence-electron chi connectivity index (χ1n) is 11.0. The van der Waals surface area contributed by atoms with E-state index in [2.05, 4.69) is 0 Å². The minimum absolute atomic E-state index is 0.0371. The Hall–Kier alpha value is -3.89. The predicted octanol–water partition coefficient (Wildman–Crippen LogP) is 2.05. The van der Waals surface area contributed by atoms with Gasteiger partial charge in [-0.3, -0.25) is 14.4 Å². The van der Waals surface area contributed by atoms with E-state index in [4.69, 9.17) is 19.0 Å². The number of rotatable bonds is 9. The molecule has 11 heteroatoms. The third-order valence-corrected chi connectivity index (χ3v) is 6.02. The Morgan fingerprint density at radius 3 is 2.40 bits per heavy atom. The van der Waals surface area contributed by atoms with Crippen molar-refractivity contribution in [2.75, 3.05) is 14.2 Å². The summed E-state index contributed by atoms with van der Waals surface area (Å²) in [6.45, 7) is 3.56. The number of cyclic esters (lactones) is 1. The summed E-state index contributed by atoms with van der Waals surface area (Å²) in [6, 6.07) is 0. The summed E-state index contributed by atoms with van der Waals surface area (Å²) in [7, 11) is 2.64. The lowest BCUT2D eigenvalue weighted by Crippen LogP contribution is -2.33. The number of nitrogens with zero attached hydrogens (tertiary/aromatic N) is 1. The number of imide groups is 1. The van der Waals surface area contributed by atoms with E-state index in [1.165, 1.54) is 14.2 Å². The van der Waals surface area contributed by atoms with Crippen LogP contribution in [-0.2, 0) is 46.5 Å². The highest BCUT2D eigenvalue weighted by Crippen LogP contribution is 2.42. The normalized spacial score (nSPS) is 16.2. The maximum absolute atomic E-state index is 12.3. The first-order chi connectivity index (χ1) is 16.6. The topological polar surface area (TPSA) is 146 Å². The summed E-state index contributed by atoms with van der Waals surface area (Å²) in [5.74, 6) is -4.13. The number of ether oxygens (including phenoxy) is 3. The van der Waals surface area contributed by atoms with Gasteiger partial charge in [-0.25, -0.2) is 9.59 Å². The molecule has 1 aromatic carbocycles. The van der Waals surface area contributed by atoms with Gasteiger partial charge in [0.1, 0.15) is 23.7 Å². The zero-order valence-electron chi connectivity index (χ0n) is 20.0. The number of allylic oxidation sites excluding steroid dienone is 2. The molecule has 2 aliphatic heterocycles. The first-order valence-corrected chi connectivity index (χ1v) is 11.0. The van der Waals surface area contributed by atoms with Crippen LogP contribution in [0.4, 0.5) is 0 Å². The van der Waals surface area contributed by atoms with Crippen molar-refractivity contribution in [3.8, 4) is 11.5 Å². The number of phenols is 1. The van der Waals surface area contributed by atoms with Crippen LogP contribution in [0.1, 0.15) is 59.7 Å². The monoisotopic (exact) mass is 489 g/mol. The summed E-state index contributed by atoms with van der Waals surface area (Å²) in [5.41, 5.74) is 2.46. The number of esters is 2. The lowest BCUT2D eigenvalue weighted by Gasteiger charge is -2.18. The maximum Gasteiger partial charge on any atom is 0.342 e. The molecule has 2 amide bonds. The molecule has 188 valence electrons. The van der Waals surface area contributed by atoms with Gasteiger partial charge >= 0.3 is 17.9 Å². The highest BCUT2D eigenvalue weighted by atomic mass is 16.7. The molecule has 1 aromatic rings. The van der Waals surface area contributed by atoms with Gasteiger partial charge in [0.05, 0.1) is 26.6 Å². The van der Waals surface area contributed by atoms with Crippen molar-refractivity contribution >= 4 is 29.7 Å². The number of methoxy groups -OCH3 is 2. The van der Waals surface area contributed by atoms with Gasteiger partial charge in [-0.15, -0.1) is 5.06 Å². The zero-order valence-corrected chi connectivity index (χ0v) is 20.0. The first kappa shape index (κ1) is 25.7. The average Bonchev–Trinajstić information content (AvgIpc) is 3.36. The van der Waals surface area contributed by atoms with Crippen LogP contribution >= 0.6 is 0 Å². The smallest absolute Gasteiger partial charge is 0.342 e. The van der Waals surface area contributed by atoms with E-state index in [1.807, 2.05) is 0 Å². The molecule has 0 aromatic heterocycles. The average molecular weight is 489 g/mol. The van der Waals surface area contributed by atoms with Gasteiger partial charge in [0, 0.05) is 24.0 Å². The number of carbonyl (C=O) groups is 5. The largest absolute Gasteiger partial charge is 0.507 e. The number of fused-ring (bicyclic) bond motifs is 1. The van der Waals surface area contributed by atoms with Crippen LogP contribution in [-0.4, -0.2) is 54.1 Å². The molecule has 0 spiro atoms. The van der Waals surface area contributed by atoms with Gasteiger partial charge in [-0.2, -0.15) is 0 Å². The van der Waals surface area contributed by atoms with Crippen LogP contribution in [0.5, 0.6) is 11.5 Å². The number of benzene rings is 1. The van der Waals surface area contributed by atoms with Crippen LogP contribution in [0, 0.1) is 12.8 Å². The molecule has 0 saturated carbocycles. The van der Waals surface area contributed by atoms with Crippen molar-refractivity contribution < 1.29 is 48.1 Å². The number of carbonyl (C=O) groups excluding carboxylic acids is 5. The molecule has 2 heterocycles. The van der Waals surface area contributed by atoms with Crippen molar-refractivity contribution in [2.45, 2.75) is 52.6 Å². The summed E-state index contributed by atoms with van der Waals surface area (Å²) < 4.78 is 15.3. The van der Waals surface area contributed by atoms with Gasteiger partial charge in [-0.05, 0) is 32.3 Å². The minimum atomic E-state index is -0.927. The zero-order chi connectivity index (χ0) is 25.9. The molecule has 2 aliphatic rings. The maximum atomic E-state index is 12.3. The highest BCUT2D eigenvalue weighted by molar-refractivity contribution is 6.01. The fourth-order valence-electron chi connectivity index (χ4n) is 4.18. The molecule has 1 saturated heterocycles. The standard InChI is InChI=1S/C24H27NO10/c1-12(5-6-15-21(29)20-16(11-34-24(20)31)13(2)22(15)32-3)9-14(23(30)33-4)10-19(28)35-25-17(26)7-8-18(25)27/h5,14,29H,6-11H2,1-4H3/b12-5+. The van der Waals surface area contributed by atoms with E-state index >= 15 is 0 Å². The Labute approximate surface area is 201 Å². The second kappa shape index (κ2) is 10.6. The third kappa shape index (κ3) is 5.28. The Kier molecular flexibility index (Phi) is 7.78. The Morgan fingerprint density at radius 2 is 1.80 bits per heavy atom. The molecule has 35 heavy (non-hydrogen) atoms. The Balaban J connectivity index is 1.75. The summed E-state index contributed by atoms with van der Waals surface area (Å²) in [5, 5.41) is 11.2. The number of aromatic hydroxyl groups is 1. The molecule has 1 N–H and O–H groups in total. The highest BCUT2D eigenvalue weighted by Gasteiger charge is 2.35. The van der Waals surface area contributed by atoms with E-state index in [0.29, 0.717) is 33.1 Å². The van der Waals surface area contributed by atoms with Crippen LogP contribution in [0.15, 0.2) is 11.6 Å². The minimum Gasteiger partial charge on any atom is -0.507 e. The van der Waals surface area contributed by atoms with E-state index in [9.17, 15) is 29.1 Å². The van der Waals surface area contributed by atoms with E-state index in [1.54, 1.807) is 19.9 Å². The molecule has 1 atom stereocenters. The summed E-state index contributed by atoms with van der Waals surface area (Å²) >= 11 is 0. The van der Waals surface area contributed by atoms with Crippen LogP contribution in [0.2, 0.25) is 0 Å². The predicted molar refractivity (Wildman–Crippen MR) is 118 cm³/mol. The van der Waals surface area contributed by atoms with Gasteiger partial charge < -0.3 is 24.2 Å². The third-order valence-electron chi connectivity index (χ3n) is 6.02. The molecule has 11 nitrogen and oxygen atoms in total. The summed E-state index contributed by atoms with van der Waals surface area (Å²) in [6.07, 6.45) is 1.54. The number of hydrogen-bond acceptors (Lipinski definition) is 10. The Bertz CT molecular complexity index is 1100. The Morgan fingerprint density at radius 1 is 1.14 bits per heavy atom. The number of amides is 2. The van der Waals surface area contributed by atoms with Crippen molar-refractivity contribution in [1.82, 2.24) is 5.06 Å². The molecule has 0 radical (unpaired) electrons. The quantitative estimate of drug-likeness (QED) is 0.311. The number of hydrogen-bond donors (Lipinski definition) is 1. The van der Waals surface area contributed by atoms with Crippen molar-refractivity contribution in [3.05, 3.63) is 33.9 Å². The number of hydroxylamine groups is 2. The van der Waals surface area contributed by atoms with Crippen molar-refractivity contribution in [1.29, 1.82) is 0 Å². The molecule has 1 unspecified atom stereocenters. The van der Waals surface area contributed by atoms with Crippen molar-refractivity contribution in [3.63, 3.8) is 0 Å². The van der Waals surface area contributed by atoms with E-state index in [-0.39, 0.29) is 43.6 Å². The molecular formula is C24H27NO10. The van der Waals surface area contributed by atoms with E-state index < -0.39 is 42.1 Å². The molecule has 3 rings (SSSR count). The lowest BCUT2D eigenvalue weighted by molar-refractivity contribution is -0.198. The van der Waals surface area contributed by atoms with Gasteiger partial charge in [0.15, 0.2) is 0 Å². The van der Waals surface area contributed by atoms with Gasteiger partial charge in [0.25, 0.3) is 11.8 Å². The fraction of sp³-hybridized carbons (Fsp3) is 0.458. The lowest BCUT2D eigenvalue weighted by atomic mass is 9.93. The van der Waals surface area contributed by atoms with Crippen LogP contribution < -0.4 is 4.74 Å². The second-order valence-electron chi connectivity index (χ2n) is 8.34. The van der Waals surface area contributed by atoms with Gasteiger partial charge in [-0.1, -0.05) is 11.6 Å². The SMILES string of the molecule is COC(=O)C(CC(=O)ON1C(=O)CCC1=O)C/C(C)=C/Cc1c(O)c2c(c(C)c1OC)COC2=O. The van der Waals surface area contributed by atoms with Crippen LogP contribution in [0.25, 0.3) is 0 Å². The van der Waals surface area contributed by atoms with Crippen molar-refractivity contribution in [2.24, 2.45) is 5.92 Å². The molecule has 1 fully saturated rings. The summed E-state index contributed by atoms with van der Waals surface area (Å²) in [4.78, 5) is 64.8. The van der Waals surface area contributed by atoms with Gasteiger partial charge in [0.2, 0.25) is 0 Å². The fourth-order valence-corrected chi connectivity index (χ4v) is 4.18. The molecule has 0 aliphatic carbocycles.